The van der Waals surface area contributed by atoms with E-state index in [0.717, 1.165) is 4.47 Å². The van der Waals surface area contributed by atoms with E-state index >= 15 is 0 Å². The van der Waals surface area contributed by atoms with Crippen LogP contribution in [-0.4, -0.2) is 27.7 Å². The first-order valence-corrected chi connectivity index (χ1v) is 6.36. The van der Waals surface area contributed by atoms with Crippen LogP contribution in [0.3, 0.4) is 0 Å². The first-order valence-electron chi connectivity index (χ1n) is 5.56. The van der Waals surface area contributed by atoms with Gasteiger partial charge in [0.25, 0.3) is 5.91 Å². The van der Waals surface area contributed by atoms with Crippen LogP contribution in [0.25, 0.3) is 0 Å². The lowest BCUT2D eigenvalue weighted by Gasteiger charge is -2.27. The van der Waals surface area contributed by atoms with Gasteiger partial charge in [-0.15, -0.1) is 0 Å². The molecule has 0 aliphatic heterocycles. The second-order valence-corrected chi connectivity index (χ2v) is 5.76. The maximum Gasteiger partial charge on any atom is 0.268 e. The van der Waals surface area contributed by atoms with E-state index in [4.69, 9.17) is 0 Å². The second-order valence-electron chi connectivity index (χ2n) is 4.85. The minimum Gasteiger partial charge on any atom is -0.388 e. The standard InChI is InChI=1S/C12H19BrN2O2/c1-8(2)12(3,17)7-14-11(16)10-5-9(13)6-15(10)4/h5-6,8,17H,7H2,1-4H3,(H,14,16). The van der Waals surface area contributed by atoms with Crippen molar-refractivity contribution in [3.8, 4) is 0 Å². The molecule has 0 saturated carbocycles. The molecule has 1 unspecified atom stereocenters. The van der Waals surface area contributed by atoms with Crippen LogP contribution in [0, 0.1) is 5.92 Å². The number of halogens is 1. The highest BCUT2D eigenvalue weighted by atomic mass is 79.9. The average Bonchev–Trinajstić information content (AvgIpc) is 2.54. The Morgan fingerprint density at radius 2 is 2.24 bits per heavy atom. The van der Waals surface area contributed by atoms with Gasteiger partial charge in [0.2, 0.25) is 0 Å². The molecular formula is C12H19BrN2O2. The normalized spacial score (nSPS) is 14.8. The van der Waals surface area contributed by atoms with Gasteiger partial charge in [0.15, 0.2) is 0 Å². The number of hydrogen-bond donors (Lipinski definition) is 2. The summed E-state index contributed by atoms with van der Waals surface area (Å²) >= 11 is 3.31. The zero-order valence-corrected chi connectivity index (χ0v) is 12.2. The highest BCUT2D eigenvalue weighted by Gasteiger charge is 2.25. The van der Waals surface area contributed by atoms with Crippen molar-refractivity contribution in [1.82, 2.24) is 9.88 Å². The van der Waals surface area contributed by atoms with Gasteiger partial charge in [-0.1, -0.05) is 13.8 Å². The third-order valence-corrected chi connectivity index (χ3v) is 3.49. The molecular weight excluding hydrogens is 284 g/mol. The zero-order valence-electron chi connectivity index (χ0n) is 10.6. The molecule has 4 nitrogen and oxygen atoms in total. The Hall–Kier alpha value is -0.810. The van der Waals surface area contributed by atoms with Crippen LogP contribution >= 0.6 is 15.9 Å². The fraction of sp³-hybridized carbons (Fsp3) is 0.583. The number of rotatable bonds is 4. The average molecular weight is 303 g/mol. The number of carbonyl (C=O) groups is 1. The Morgan fingerprint density at radius 3 is 2.65 bits per heavy atom. The van der Waals surface area contributed by atoms with Gasteiger partial charge in [-0.2, -0.15) is 0 Å². The molecule has 0 aliphatic carbocycles. The molecule has 0 bridgehead atoms. The summed E-state index contributed by atoms with van der Waals surface area (Å²) < 4.78 is 2.60. The minimum atomic E-state index is -0.891. The van der Waals surface area contributed by atoms with Crippen molar-refractivity contribution in [3.63, 3.8) is 0 Å². The molecule has 1 heterocycles. The van der Waals surface area contributed by atoms with Crippen LogP contribution in [0.15, 0.2) is 16.7 Å². The van der Waals surface area contributed by atoms with E-state index in [1.165, 1.54) is 0 Å². The predicted octanol–water partition coefficient (Wildman–Crippen LogP) is 1.92. The maximum atomic E-state index is 11.9. The first kappa shape index (κ1) is 14.3. The highest BCUT2D eigenvalue weighted by Crippen LogP contribution is 2.16. The summed E-state index contributed by atoms with van der Waals surface area (Å²) in [5.41, 5.74) is -0.325. The summed E-state index contributed by atoms with van der Waals surface area (Å²) in [7, 11) is 1.81. The molecule has 0 fully saturated rings. The van der Waals surface area contributed by atoms with E-state index in [0.29, 0.717) is 5.69 Å². The fourth-order valence-electron chi connectivity index (χ4n) is 1.30. The molecule has 0 spiro atoms. The lowest BCUT2D eigenvalue weighted by Crippen LogP contribution is -2.44. The van der Waals surface area contributed by atoms with Crippen molar-refractivity contribution in [2.24, 2.45) is 13.0 Å². The van der Waals surface area contributed by atoms with Gasteiger partial charge in [0, 0.05) is 24.3 Å². The zero-order chi connectivity index (χ0) is 13.2. The van der Waals surface area contributed by atoms with E-state index < -0.39 is 5.60 Å². The Labute approximate surface area is 110 Å². The molecule has 1 amide bonds. The summed E-state index contributed by atoms with van der Waals surface area (Å²) in [6.45, 7) is 5.81. The van der Waals surface area contributed by atoms with Crippen molar-refractivity contribution in [2.75, 3.05) is 6.54 Å². The number of carbonyl (C=O) groups excluding carboxylic acids is 1. The van der Waals surface area contributed by atoms with E-state index in [-0.39, 0.29) is 18.4 Å². The summed E-state index contributed by atoms with van der Waals surface area (Å²) in [5.74, 6) is -0.0953. The van der Waals surface area contributed by atoms with Gasteiger partial charge in [0.1, 0.15) is 5.69 Å². The van der Waals surface area contributed by atoms with Gasteiger partial charge in [-0.3, -0.25) is 4.79 Å². The van der Waals surface area contributed by atoms with Crippen LogP contribution in [0.5, 0.6) is 0 Å². The lowest BCUT2D eigenvalue weighted by atomic mass is 9.92. The molecule has 1 atom stereocenters. The highest BCUT2D eigenvalue weighted by molar-refractivity contribution is 9.10. The number of nitrogens with zero attached hydrogens (tertiary/aromatic N) is 1. The van der Waals surface area contributed by atoms with Crippen molar-refractivity contribution >= 4 is 21.8 Å². The maximum absolute atomic E-state index is 11.9. The van der Waals surface area contributed by atoms with Crippen LogP contribution in [-0.2, 0) is 7.05 Å². The number of hydrogen-bond acceptors (Lipinski definition) is 2. The van der Waals surface area contributed by atoms with E-state index in [2.05, 4.69) is 21.2 Å². The smallest absolute Gasteiger partial charge is 0.268 e. The molecule has 1 aromatic rings. The molecule has 5 heteroatoms. The van der Waals surface area contributed by atoms with Crippen molar-refractivity contribution < 1.29 is 9.90 Å². The molecule has 0 aromatic carbocycles. The molecule has 0 saturated heterocycles. The van der Waals surface area contributed by atoms with Gasteiger partial charge >= 0.3 is 0 Å². The monoisotopic (exact) mass is 302 g/mol. The number of aliphatic hydroxyl groups is 1. The lowest BCUT2D eigenvalue weighted by molar-refractivity contribution is 0.0141. The van der Waals surface area contributed by atoms with E-state index in [1.54, 1.807) is 24.6 Å². The van der Waals surface area contributed by atoms with Gasteiger partial charge in [0.05, 0.1) is 5.60 Å². The summed E-state index contributed by atoms with van der Waals surface area (Å²) in [5, 5.41) is 12.8. The Bertz CT molecular complexity index is 411. The van der Waals surface area contributed by atoms with Crippen LogP contribution in [0.1, 0.15) is 31.3 Å². The molecule has 96 valence electrons. The quantitative estimate of drug-likeness (QED) is 0.893. The second kappa shape index (κ2) is 5.23. The number of nitrogens with one attached hydrogen (secondary N) is 1. The third kappa shape index (κ3) is 3.57. The number of aryl methyl sites for hydroxylation is 1. The van der Waals surface area contributed by atoms with Crippen LogP contribution in [0.4, 0.5) is 0 Å². The SMILES string of the molecule is CC(C)C(C)(O)CNC(=O)c1cc(Br)cn1C. The minimum absolute atomic E-state index is 0.0861. The van der Waals surface area contributed by atoms with Crippen LogP contribution < -0.4 is 5.32 Å². The first-order chi connectivity index (χ1) is 7.74. The summed E-state index contributed by atoms with van der Waals surface area (Å²) in [6.07, 6.45) is 1.81. The molecule has 2 N–H and O–H groups in total. The van der Waals surface area contributed by atoms with Crippen LogP contribution in [0.2, 0.25) is 0 Å². The molecule has 17 heavy (non-hydrogen) atoms. The predicted molar refractivity (Wildman–Crippen MR) is 70.9 cm³/mol. The number of amides is 1. The third-order valence-electron chi connectivity index (χ3n) is 3.05. The fourth-order valence-corrected chi connectivity index (χ4v) is 1.83. The summed E-state index contributed by atoms with van der Waals surface area (Å²) in [4.78, 5) is 11.9. The molecule has 0 aliphatic rings. The van der Waals surface area contributed by atoms with Crippen molar-refractivity contribution in [3.05, 3.63) is 22.4 Å². The Kier molecular flexibility index (Phi) is 4.38. The Morgan fingerprint density at radius 1 is 1.65 bits per heavy atom. The van der Waals surface area contributed by atoms with E-state index in [9.17, 15) is 9.90 Å². The summed E-state index contributed by atoms with van der Waals surface area (Å²) in [6, 6.07) is 1.75. The largest absolute Gasteiger partial charge is 0.388 e. The topological polar surface area (TPSA) is 54.3 Å². The molecule has 1 aromatic heterocycles. The molecule has 0 radical (unpaired) electrons. The van der Waals surface area contributed by atoms with E-state index in [1.807, 2.05) is 20.0 Å². The van der Waals surface area contributed by atoms with Gasteiger partial charge in [-0.25, -0.2) is 0 Å². The Balaban J connectivity index is 2.65. The van der Waals surface area contributed by atoms with Gasteiger partial charge < -0.3 is 15.0 Å². The van der Waals surface area contributed by atoms with Crippen molar-refractivity contribution in [2.45, 2.75) is 26.4 Å². The van der Waals surface area contributed by atoms with Gasteiger partial charge in [-0.05, 0) is 34.8 Å². The molecule has 1 rings (SSSR count). The van der Waals surface area contributed by atoms with Crippen molar-refractivity contribution in [1.29, 1.82) is 0 Å². The number of aromatic nitrogens is 1.